The smallest absolute Gasteiger partial charge is 0.224 e. The van der Waals surface area contributed by atoms with Crippen molar-refractivity contribution in [2.24, 2.45) is 23.7 Å². The topological polar surface area (TPSA) is 59.0 Å². The van der Waals surface area contributed by atoms with Crippen LogP contribution in [0.2, 0.25) is 0 Å². The van der Waals surface area contributed by atoms with E-state index in [9.17, 15) is 9.90 Å². The summed E-state index contributed by atoms with van der Waals surface area (Å²) in [5, 5.41) is 10.4. The van der Waals surface area contributed by atoms with Crippen molar-refractivity contribution in [2.45, 2.75) is 78.6 Å². The minimum Gasteiger partial charge on any atom is -0.378 e. The third-order valence-electron chi connectivity index (χ3n) is 6.01. The van der Waals surface area contributed by atoms with Crippen molar-refractivity contribution in [3.8, 4) is 0 Å². The van der Waals surface area contributed by atoms with E-state index in [1.807, 2.05) is 13.8 Å². The molecule has 2 rings (SSSR count). The summed E-state index contributed by atoms with van der Waals surface area (Å²) in [6.07, 6.45) is 5.91. The SMILES string of the molecule is CC.CC1CCC2CCCC(C(C)C(O)OCCC(=O)N(C)C)C2CO1.SS. The summed E-state index contributed by atoms with van der Waals surface area (Å²) in [7, 11) is 3.47. The van der Waals surface area contributed by atoms with Gasteiger partial charge < -0.3 is 19.5 Å². The lowest BCUT2D eigenvalue weighted by molar-refractivity contribution is -0.159. The predicted octanol–water partition coefficient (Wildman–Crippen LogP) is 4.45. The van der Waals surface area contributed by atoms with E-state index in [4.69, 9.17) is 9.47 Å². The number of hydrogen-bond donors (Lipinski definition) is 3. The number of nitrogens with zero attached hydrogens (tertiary/aromatic N) is 1. The Kier molecular flexibility index (Phi) is 15.9. The molecule has 6 unspecified atom stereocenters. The van der Waals surface area contributed by atoms with Crippen LogP contribution in [-0.4, -0.2) is 55.6 Å². The Morgan fingerprint density at radius 3 is 2.46 bits per heavy atom. The Labute approximate surface area is 183 Å². The summed E-state index contributed by atoms with van der Waals surface area (Å²) in [6, 6.07) is 0. The van der Waals surface area contributed by atoms with Crippen LogP contribution in [0.3, 0.4) is 0 Å². The molecule has 0 bridgehead atoms. The van der Waals surface area contributed by atoms with Crippen LogP contribution in [0.15, 0.2) is 0 Å². The zero-order chi connectivity index (χ0) is 21.7. The van der Waals surface area contributed by atoms with Gasteiger partial charge in [0.25, 0.3) is 0 Å². The van der Waals surface area contributed by atoms with E-state index in [1.165, 1.54) is 19.3 Å². The van der Waals surface area contributed by atoms with Crippen molar-refractivity contribution in [3.05, 3.63) is 0 Å². The monoisotopic (exact) mass is 437 g/mol. The first kappa shape index (κ1) is 28.1. The molecule has 1 saturated carbocycles. The van der Waals surface area contributed by atoms with E-state index in [-0.39, 0.29) is 18.4 Å². The zero-order valence-corrected chi connectivity index (χ0v) is 20.4. The van der Waals surface area contributed by atoms with Gasteiger partial charge in [-0.05, 0) is 43.9 Å². The Morgan fingerprint density at radius 1 is 1.21 bits per heavy atom. The standard InChI is InChI=1S/C19H35NO4.C2H6.H2S2/c1-13-8-9-15-6-5-7-16(17(15)12-24-13)14(2)19(22)23-11-10-18(21)20(3)4;2*1-2/h13-17,19,22H,5-12H2,1-4H3;1-2H3;1-2H. The number of hydrogen-bond acceptors (Lipinski definition) is 6. The number of fused-ring (bicyclic) bond motifs is 1. The summed E-state index contributed by atoms with van der Waals surface area (Å²) >= 11 is 6.44. The Bertz CT molecular complexity index is 412. The van der Waals surface area contributed by atoms with Gasteiger partial charge in [0.15, 0.2) is 6.29 Å². The van der Waals surface area contributed by atoms with Crippen LogP contribution in [0.5, 0.6) is 0 Å². The van der Waals surface area contributed by atoms with Crippen molar-refractivity contribution < 1.29 is 19.4 Å². The van der Waals surface area contributed by atoms with E-state index in [1.54, 1.807) is 19.0 Å². The van der Waals surface area contributed by atoms with E-state index in [0.717, 1.165) is 25.4 Å². The number of carbonyl (C=O) groups excluding carboxylic acids is 1. The van der Waals surface area contributed by atoms with Crippen molar-refractivity contribution in [2.75, 3.05) is 27.3 Å². The molecule has 1 saturated heterocycles. The van der Waals surface area contributed by atoms with Crippen LogP contribution >= 0.6 is 23.3 Å². The highest BCUT2D eigenvalue weighted by Crippen LogP contribution is 2.44. The Morgan fingerprint density at radius 2 is 1.86 bits per heavy atom. The van der Waals surface area contributed by atoms with Gasteiger partial charge in [-0.15, -0.1) is 23.3 Å². The van der Waals surface area contributed by atoms with Crippen LogP contribution in [0.25, 0.3) is 0 Å². The highest BCUT2D eigenvalue weighted by atomic mass is 33.1. The van der Waals surface area contributed by atoms with E-state index < -0.39 is 6.29 Å². The number of ether oxygens (including phenoxy) is 2. The second-order valence-corrected chi connectivity index (χ2v) is 7.90. The summed E-state index contributed by atoms with van der Waals surface area (Å²) in [5.74, 6) is 1.79. The van der Waals surface area contributed by atoms with E-state index in [2.05, 4.69) is 37.2 Å². The average molecular weight is 438 g/mol. The van der Waals surface area contributed by atoms with Crippen molar-refractivity contribution in [1.29, 1.82) is 0 Å². The lowest BCUT2D eigenvalue weighted by Crippen LogP contribution is -2.39. The van der Waals surface area contributed by atoms with Gasteiger partial charge in [-0.3, -0.25) is 4.79 Å². The quantitative estimate of drug-likeness (QED) is 0.326. The molecule has 7 heteroatoms. The van der Waals surface area contributed by atoms with Gasteiger partial charge in [-0.2, -0.15) is 0 Å². The highest BCUT2D eigenvalue weighted by Gasteiger charge is 2.40. The number of aliphatic hydroxyl groups is 1. The Balaban J connectivity index is 0.00000171. The number of carbonyl (C=O) groups is 1. The summed E-state index contributed by atoms with van der Waals surface area (Å²) in [5.41, 5.74) is 0. The maximum atomic E-state index is 11.6. The Hall–Kier alpha value is 0.0500. The molecule has 1 heterocycles. The molecule has 0 aromatic rings. The average Bonchev–Trinajstić information content (AvgIpc) is 2.91. The minimum absolute atomic E-state index is 0.0266. The van der Waals surface area contributed by atoms with Crippen LogP contribution < -0.4 is 0 Å². The zero-order valence-electron chi connectivity index (χ0n) is 18.6. The fourth-order valence-electron chi connectivity index (χ4n) is 4.33. The maximum Gasteiger partial charge on any atom is 0.224 e. The van der Waals surface area contributed by atoms with Crippen molar-refractivity contribution in [1.82, 2.24) is 4.90 Å². The molecule has 2 fully saturated rings. The lowest BCUT2D eigenvalue weighted by Gasteiger charge is -2.41. The molecular formula is C21H43NO4S2. The number of aliphatic hydroxyl groups excluding tert-OH is 1. The second kappa shape index (κ2) is 15.8. The summed E-state index contributed by atoms with van der Waals surface area (Å²) in [4.78, 5) is 13.2. The van der Waals surface area contributed by atoms with Gasteiger partial charge in [-0.25, -0.2) is 0 Å². The fourth-order valence-corrected chi connectivity index (χ4v) is 4.33. The molecular weight excluding hydrogens is 394 g/mol. The fraction of sp³-hybridized carbons (Fsp3) is 0.952. The molecule has 168 valence electrons. The molecule has 28 heavy (non-hydrogen) atoms. The molecule has 1 aliphatic heterocycles. The van der Waals surface area contributed by atoms with Crippen LogP contribution in [0.1, 0.15) is 66.2 Å². The van der Waals surface area contributed by atoms with Crippen LogP contribution in [-0.2, 0) is 14.3 Å². The van der Waals surface area contributed by atoms with Gasteiger partial charge >= 0.3 is 0 Å². The van der Waals surface area contributed by atoms with Crippen LogP contribution in [0.4, 0.5) is 0 Å². The van der Waals surface area contributed by atoms with Gasteiger partial charge in [0.05, 0.1) is 25.7 Å². The molecule has 2 aliphatic rings. The number of rotatable bonds is 6. The maximum absolute atomic E-state index is 11.6. The molecule has 0 aromatic heterocycles. The molecule has 1 N–H and O–H groups in total. The van der Waals surface area contributed by atoms with Gasteiger partial charge in [0.1, 0.15) is 0 Å². The second-order valence-electron chi connectivity index (χ2n) is 7.90. The van der Waals surface area contributed by atoms with E-state index in [0.29, 0.717) is 24.4 Å². The first-order valence-electron chi connectivity index (χ1n) is 10.7. The number of thiol groups is 2. The van der Waals surface area contributed by atoms with Crippen LogP contribution in [0, 0.1) is 23.7 Å². The van der Waals surface area contributed by atoms with Crippen molar-refractivity contribution >= 4 is 29.2 Å². The third kappa shape index (κ3) is 9.24. The van der Waals surface area contributed by atoms with Gasteiger partial charge in [0.2, 0.25) is 5.91 Å². The van der Waals surface area contributed by atoms with Gasteiger partial charge in [-0.1, -0.05) is 33.6 Å². The normalized spacial score (nSPS) is 28.9. The summed E-state index contributed by atoms with van der Waals surface area (Å²) in [6.45, 7) is 9.33. The molecule has 1 aliphatic carbocycles. The van der Waals surface area contributed by atoms with Gasteiger partial charge in [0, 0.05) is 20.0 Å². The minimum atomic E-state index is -0.801. The highest BCUT2D eigenvalue weighted by molar-refractivity contribution is 8.59. The molecule has 1 amide bonds. The molecule has 0 aromatic carbocycles. The predicted molar refractivity (Wildman–Crippen MR) is 123 cm³/mol. The molecule has 6 atom stereocenters. The van der Waals surface area contributed by atoms with E-state index >= 15 is 0 Å². The number of amides is 1. The summed E-state index contributed by atoms with van der Waals surface area (Å²) < 4.78 is 11.6. The molecule has 0 radical (unpaired) electrons. The lowest BCUT2D eigenvalue weighted by atomic mass is 9.66. The molecule has 0 spiro atoms. The first-order valence-corrected chi connectivity index (χ1v) is 12.3. The largest absolute Gasteiger partial charge is 0.378 e. The first-order chi connectivity index (χ1) is 13.4. The molecule has 5 nitrogen and oxygen atoms in total. The third-order valence-corrected chi connectivity index (χ3v) is 6.01. The van der Waals surface area contributed by atoms with Crippen molar-refractivity contribution in [3.63, 3.8) is 0 Å².